The first-order valence-corrected chi connectivity index (χ1v) is 5.97. The van der Waals surface area contributed by atoms with Crippen LogP contribution in [0.5, 0.6) is 0 Å². The van der Waals surface area contributed by atoms with E-state index >= 15 is 0 Å². The van der Waals surface area contributed by atoms with Gasteiger partial charge < -0.3 is 9.47 Å². The first kappa shape index (κ1) is 11.6. The normalized spacial score (nSPS) is 32.4. The number of carbonyl (C=O) groups excluding carboxylic acids is 1. The molecule has 0 spiro atoms. The molecule has 0 radical (unpaired) electrons. The van der Waals surface area contributed by atoms with Gasteiger partial charge in [-0.15, -0.1) is 0 Å². The van der Waals surface area contributed by atoms with Gasteiger partial charge >= 0.3 is 5.97 Å². The monoisotopic (exact) mass is 224 g/mol. The Kier molecular flexibility index (Phi) is 2.82. The number of carbonyl (C=O) groups is 1. The molecule has 0 amide bonds. The van der Waals surface area contributed by atoms with Crippen molar-refractivity contribution in [2.45, 2.75) is 51.9 Å². The van der Waals surface area contributed by atoms with Crippen LogP contribution in [0.2, 0.25) is 0 Å². The van der Waals surface area contributed by atoms with Crippen molar-refractivity contribution in [3.63, 3.8) is 0 Å². The largest absolute Gasteiger partial charge is 0.459 e. The third-order valence-electron chi connectivity index (χ3n) is 3.46. The van der Waals surface area contributed by atoms with Crippen molar-refractivity contribution in [2.24, 2.45) is 11.8 Å². The molecule has 0 N–H and O–H groups in total. The Morgan fingerprint density at radius 2 is 2.12 bits per heavy atom. The van der Waals surface area contributed by atoms with E-state index < -0.39 is 5.60 Å². The summed E-state index contributed by atoms with van der Waals surface area (Å²) in [4.78, 5) is 11.6. The number of fused-ring (bicyclic) bond motifs is 2. The topological polar surface area (TPSA) is 35.5 Å². The average Bonchev–Trinajstić information content (AvgIpc) is 2.77. The first-order valence-electron chi connectivity index (χ1n) is 5.97. The number of ether oxygens (including phenoxy) is 2. The molecule has 2 rings (SSSR count). The van der Waals surface area contributed by atoms with Crippen LogP contribution in [0.25, 0.3) is 0 Å². The molecule has 1 fully saturated rings. The van der Waals surface area contributed by atoms with Crippen LogP contribution in [0.15, 0.2) is 12.2 Å². The lowest BCUT2D eigenvalue weighted by Crippen LogP contribution is -2.41. The lowest BCUT2D eigenvalue weighted by molar-refractivity contribution is -0.166. The van der Waals surface area contributed by atoms with Gasteiger partial charge in [0.25, 0.3) is 0 Å². The van der Waals surface area contributed by atoms with Crippen molar-refractivity contribution in [3.8, 4) is 0 Å². The van der Waals surface area contributed by atoms with Crippen molar-refractivity contribution >= 4 is 5.97 Å². The van der Waals surface area contributed by atoms with Crippen molar-refractivity contribution in [1.82, 2.24) is 0 Å². The molecule has 0 aromatic rings. The summed E-state index contributed by atoms with van der Waals surface area (Å²) >= 11 is 0. The standard InChI is InChI=1S/C13H20O3/c1-8(2)12(14)16-13(3,4)10-7-9-5-6-11(10)15-9/h5-6,8-11H,7H2,1-4H3. The van der Waals surface area contributed by atoms with E-state index in [0.29, 0.717) is 0 Å². The number of esters is 1. The first-order chi connectivity index (χ1) is 7.40. The molecule has 90 valence electrons. The van der Waals surface area contributed by atoms with Gasteiger partial charge in [-0.25, -0.2) is 0 Å². The fourth-order valence-electron chi connectivity index (χ4n) is 2.41. The highest BCUT2D eigenvalue weighted by Gasteiger charge is 2.47. The molecule has 0 saturated carbocycles. The summed E-state index contributed by atoms with van der Waals surface area (Å²) in [5.74, 6) is 0.0799. The Hall–Kier alpha value is -0.830. The maximum atomic E-state index is 11.6. The predicted octanol–water partition coefficient (Wildman–Crippen LogP) is 2.31. The van der Waals surface area contributed by atoms with E-state index in [9.17, 15) is 4.79 Å². The van der Waals surface area contributed by atoms with Gasteiger partial charge in [0.05, 0.1) is 18.1 Å². The molecule has 16 heavy (non-hydrogen) atoms. The summed E-state index contributed by atoms with van der Waals surface area (Å²) in [5.41, 5.74) is -0.439. The van der Waals surface area contributed by atoms with Gasteiger partial charge in [0.2, 0.25) is 0 Å². The van der Waals surface area contributed by atoms with Crippen LogP contribution < -0.4 is 0 Å². The molecule has 3 nitrogen and oxygen atoms in total. The number of rotatable bonds is 3. The molecule has 0 aromatic carbocycles. The molecule has 2 aliphatic rings. The van der Waals surface area contributed by atoms with Gasteiger partial charge in [-0.05, 0) is 20.3 Å². The molecule has 0 aromatic heterocycles. The maximum Gasteiger partial charge on any atom is 0.308 e. The Bertz CT molecular complexity index is 317. The second-order valence-corrected chi connectivity index (χ2v) is 5.55. The van der Waals surface area contributed by atoms with Crippen molar-refractivity contribution in [3.05, 3.63) is 12.2 Å². The Labute approximate surface area is 96.8 Å². The minimum atomic E-state index is -0.439. The van der Waals surface area contributed by atoms with Gasteiger partial charge in [-0.2, -0.15) is 0 Å². The Balaban J connectivity index is 2.02. The zero-order valence-corrected chi connectivity index (χ0v) is 10.4. The predicted molar refractivity (Wildman–Crippen MR) is 60.9 cm³/mol. The second kappa shape index (κ2) is 3.88. The minimum absolute atomic E-state index is 0.0747. The molecule has 2 aliphatic heterocycles. The van der Waals surface area contributed by atoms with E-state index in [1.165, 1.54) is 0 Å². The average molecular weight is 224 g/mol. The fourth-order valence-corrected chi connectivity index (χ4v) is 2.41. The third-order valence-corrected chi connectivity index (χ3v) is 3.46. The van der Waals surface area contributed by atoms with Gasteiger partial charge in [0.1, 0.15) is 5.60 Å². The SMILES string of the molecule is CC(C)C(=O)OC(C)(C)C1CC2C=CC1O2. The second-order valence-electron chi connectivity index (χ2n) is 5.55. The van der Waals surface area contributed by atoms with Crippen LogP contribution in [-0.4, -0.2) is 23.8 Å². The van der Waals surface area contributed by atoms with Crippen LogP contribution in [0, 0.1) is 11.8 Å². The highest BCUT2D eigenvalue weighted by atomic mass is 16.6. The van der Waals surface area contributed by atoms with Crippen molar-refractivity contribution < 1.29 is 14.3 Å². The maximum absolute atomic E-state index is 11.6. The highest BCUT2D eigenvalue weighted by molar-refractivity contribution is 5.72. The summed E-state index contributed by atoms with van der Waals surface area (Å²) < 4.78 is 11.3. The van der Waals surface area contributed by atoms with Crippen LogP contribution in [0.3, 0.4) is 0 Å². The summed E-state index contributed by atoms with van der Waals surface area (Å²) in [7, 11) is 0. The molecular formula is C13H20O3. The van der Waals surface area contributed by atoms with E-state index in [4.69, 9.17) is 9.47 Å². The van der Waals surface area contributed by atoms with Crippen LogP contribution in [0.4, 0.5) is 0 Å². The third kappa shape index (κ3) is 2.01. The van der Waals surface area contributed by atoms with Crippen LogP contribution >= 0.6 is 0 Å². The molecule has 1 saturated heterocycles. The molecule has 0 aliphatic carbocycles. The van der Waals surface area contributed by atoms with Crippen molar-refractivity contribution in [2.75, 3.05) is 0 Å². The summed E-state index contributed by atoms with van der Waals surface area (Å²) in [6.07, 6.45) is 5.50. The highest BCUT2D eigenvalue weighted by Crippen LogP contribution is 2.41. The Morgan fingerprint density at radius 1 is 1.44 bits per heavy atom. The number of hydrogen-bond acceptors (Lipinski definition) is 3. The zero-order chi connectivity index (χ0) is 11.9. The lowest BCUT2D eigenvalue weighted by Gasteiger charge is -2.34. The van der Waals surface area contributed by atoms with E-state index in [0.717, 1.165) is 6.42 Å². The molecule has 3 unspecified atom stereocenters. The summed E-state index contributed by atoms with van der Waals surface area (Å²) in [5, 5.41) is 0. The van der Waals surface area contributed by atoms with Crippen molar-refractivity contribution in [1.29, 1.82) is 0 Å². The molecule has 3 atom stereocenters. The smallest absolute Gasteiger partial charge is 0.308 e. The zero-order valence-electron chi connectivity index (χ0n) is 10.4. The molecule has 2 heterocycles. The molecule has 2 bridgehead atoms. The van der Waals surface area contributed by atoms with E-state index in [2.05, 4.69) is 12.2 Å². The summed E-state index contributed by atoms with van der Waals surface area (Å²) in [6, 6.07) is 0. The van der Waals surface area contributed by atoms with Crippen LogP contribution in [-0.2, 0) is 14.3 Å². The van der Waals surface area contributed by atoms with Gasteiger partial charge in [-0.3, -0.25) is 4.79 Å². The molecule has 3 heteroatoms. The Morgan fingerprint density at radius 3 is 2.56 bits per heavy atom. The van der Waals surface area contributed by atoms with Crippen LogP contribution in [0.1, 0.15) is 34.1 Å². The van der Waals surface area contributed by atoms with Gasteiger partial charge in [0, 0.05) is 5.92 Å². The molecular weight excluding hydrogens is 204 g/mol. The van der Waals surface area contributed by atoms with Gasteiger partial charge in [-0.1, -0.05) is 26.0 Å². The number of hydrogen-bond donors (Lipinski definition) is 0. The summed E-state index contributed by atoms with van der Waals surface area (Å²) in [6.45, 7) is 7.68. The quantitative estimate of drug-likeness (QED) is 0.545. The lowest BCUT2D eigenvalue weighted by atomic mass is 9.81. The minimum Gasteiger partial charge on any atom is -0.459 e. The van der Waals surface area contributed by atoms with E-state index in [-0.39, 0.29) is 30.0 Å². The van der Waals surface area contributed by atoms with E-state index in [1.54, 1.807) is 0 Å². The fraction of sp³-hybridized carbons (Fsp3) is 0.769. The van der Waals surface area contributed by atoms with Gasteiger partial charge in [0.15, 0.2) is 0 Å². The van der Waals surface area contributed by atoms with E-state index in [1.807, 2.05) is 27.7 Å².